The quantitative estimate of drug-likeness (QED) is 0.636. The molecule has 1 amide bonds. The first-order valence-corrected chi connectivity index (χ1v) is 8.63. The first-order valence-electron chi connectivity index (χ1n) is 7.06. The normalized spacial score (nSPS) is 10.3. The minimum absolute atomic E-state index is 0.178. The van der Waals surface area contributed by atoms with Crippen LogP contribution in [-0.2, 0) is 6.54 Å². The second-order valence-corrected chi connectivity index (χ2v) is 7.08. The van der Waals surface area contributed by atoms with E-state index in [2.05, 4.69) is 6.58 Å². The number of amides is 1. The summed E-state index contributed by atoms with van der Waals surface area (Å²) < 4.78 is 11.1. The van der Waals surface area contributed by atoms with Gasteiger partial charge in [0.25, 0.3) is 5.91 Å². The molecule has 0 unspecified atom stereocenters. The summed E-state index contributed by atoms with van der Waals surface area (Å²) in [4.78, 5) is 15.5. The van der Waals surface area contributed by atoms with E-state index in [-0.39, 0.29) is 5.91 Å². The van der Waals surface area contributed by atoms with Gasteiger partial charge in [0.15, 0.2) is 11.5 Å². The Kier molecular flexibility index (Phi) is 6.54. The molecule has 0 aliphatic rings. The van der Waals surface area contributed by atoms with Crippen LogP contribution in [0.3, 0.4) is 0 Å². The first-order chi connectivity index (χ1) is 11.5. The highest BCUT2D eigenvalue weighted by molar-refractivity contribution is 7.16. The van der Waals surface area contributed by atoms with E-state index in [0.29, 0.717) is 39.5 Å². The van der Waals surface area contributed by atoms with Crippen LogP contribution >= 0.6 is 34.5 Å². The Morgan fingerprint density at radius 1 is 1.29 bits per heavy atom. The molecular formula is C17H17Cl2NO3S. The van der Waals surface area contributed by atoms with Gasteiger partial charge in [-0.15, -0.1) is 17.9 Å². The molecule has 0 fully saturated rings. The van der Waals surface area contributed by atoms with Gasteiger partial charge in [-0.25, -0.2) is 0 Å². The number of carbonyl (C=O) groups is 1. The lowest BCUT2D eigenvalue weighted by Crippen LogP contribution is -2.30. The van der Waals surface area contributed by atoms with Crippen LogP contribution in [0.4, 0.5) is 0 Å². The molecule has 0 radical (unpaired) electrons. The fourth-order valence-electron chi connectivity index (χ4n) is 2.22. The summed E-state index contributed by atoms with van der Waals surface area (Å²) in [6.07, 6.45) is 1.68. The van der Waals surface area contributed by atoms with Crippen LogP contribution < -0.4 is 9.47 Å². The standard InChI is InChI=1S/C17H17Cl2NO3S/c1-4-7-20(10-12-5-6-15(19)24-12)17(21)11-8-13(18)16(23-3)14(9-11)22-2/h4-6,8-9H,1,7,10H2,2-3H3. The third-order valence-corrected chi connectivity index (χ3v) is 4.79. The SMILES string of the molecule is C=CCN(Cc1ccc(Cl)s1)C(=O)c1cc(Cl)c(OC)c(OC)c1. The molecule has 0 saturated carbocycles. The molecule has 1 heterocycles. The van der Waals surface area contributed by atoms with E-state index in [0.717, 1.165) is 4.88 Å². The number of benzene rings is 1. The number of rotatable bonds is 7. The number of hydrogen-bond donors (Lipinski definition) is 0. The largest absolute Gasteiger partial charge is 0.493 e. The molecule has 128 valence electrons. The van der Waals surface area contributed by atoms with Crippen LogP contribution in [0, 0.1) is 0 Å². The van der Waals surface area contributed by atoms with Crippen LogP contribution in [0.5, 0.6) is 11.5 Å². The fourth-order valence-corrected chi connectivity index (χ4v) is 3.62. The summed E-state index contributed by atoms with van der Waals surface area (Å²) >= 11 is 13.6. The summed E-state index contributed by atoms with van der Waals surface area (Å²) in [6.45, 7) is 4.56. The van der Waals surface area contributed by atoms with Gasteiger partial charge < -0.3 is 14.4 Å². The van der Waals surface area contributed by atoms with Crippen molar-refractivity contribution in [1.29, 1.82) is 0 Å². The second kappa shape index (κ2) is 8.42. The van der Waals surface area contributed by atoms with Gasteiger partial charge in [0, 0.05) is 17.0 Å². The summed E-state index contributed by atoms with van der Waals surface area (Å²) in [5, 5.41) is 0.318. The van der Waals surface area contributed by atoms with Gasteiger partial charge in [0.2, 0.25) is 0 Å². The maximum absolute atomic E-state index is 12.9. The first kappa shape index (κ1) is 18.6. The predicted octanol–water partition coefficient (Wildman–Crippen LogP) is 4.90. The van der Waals surface area contributed by atoms with Gasteiger partial charge in [0.1, 0.15) is 0 Å². The number of methoxy groups -OCH3 is 2. The lowest BCUT2D eigenvalue weighted by molar-refractivity contribution is 0.0764. The summed E-state index contributed by atoms with van der Waals surface area (Å²) in [5.74, 6) is 0.629. The molecule has 1 aromatic heterocycles. The lowest BCUT2D eigenvalue weighted by Gasteiger charge is -2.21. The van der Waals surface area contributed by atoms with Crippen molar-refractivity contribution in [3.05, 3.63) is 56.7 Å². The van der Waals surface area contributed by atoms with Gasteiger partial charge in [-0.05, 0) is 24.3 Å². The number of thiophene rings is 1. The molecule has 0 aliphatic heterocycles. The smallest absolute Gasteiger partial charge is 0.254 e. The molecule has 2 rings (SSSR count). The van der Waals surface area contributed by atoms with Gasteiger partial charge in [-0.2, -0.15) is 0 Å². The third-order valence-electron chi connectivity index (χ3n) is 3.29. The number of carbonyl (C=O) groups excluding carboxylic acids is 1. The topological polar surface area (TPSA) is 38.8 Å². The molecule has 0 aliphatic carbocycles. The Balaban J connectivity index is 2.32. The van der Waals surface area contributed by atoms with Crippen molar-refractivity contribution in [2.24, 2.45) is 0 Å². The van der Waals surface area contributed by atoms with Crippen LogP contribution in [0.1, 0.15) is 15.2 Å². The fraction of sp³-hybridized carbons (Fsp3) is 0.235. The molecule has 0 spiro atoms. The molecule has 0 atom stereocenters. The number of ether oxygens (including phenoxy) is 2. The lowest BCUT2D eigenvalue weighted by atomic mass is 10.1. The highest BCUT2D eigenvalue weighted by atomic mass is 35.5. The van der Waals surface area contributed by atoms with Crippen LogP contribution in [0.2, 0.25) is 9.36 Å². The Morgan fingerprint density at radius 3 is 2.58 bits per heavy atom. The van der Waals surface area contributed by atoms with Crippen molar-refractivity contribution < 1.29 is 14.3 Å². The van der Waals surface area contributed by atoms with Crippen molar-refractivity contribution in [1.82, 2.24) is 4.90 Å². The minimum Gasteiger partial charge on any atom is -0.493 e. The molecule has 1 aromatic carbocycles. The molecule has 4 nitrogen and oxygen atoms in total. The molecule has 2 aromatic rings. The molecule has 0 bridgehead atoms. The van der Waals surface area contributed by atoms with Crippen molar-refractivity contribution in [3.8, 4) is 11.5 Å². The van der Waals surface area contributed by atoms with E-state index < -0.39 is 0 Å². The number of nitrogens with zero attached hydrogens (tertiary/aromatic N) is 1. The zero-order valence-electron chi connectivity index (χ0n) is 13.3. The Morgan fingerprint density at radius 2 is 2.04 bits per heavy atom. The van der Waals surface area contributed by atoms with Crippen molar-refractivity contribution in [2.75, 3.05) is 20.8 Å². The van der Waals surface area contributed by atoms with E-state index >= 15 is 0 Å². The van der Waals surface area contributed by atoms with E-state index in [1.807, 2.05) is 12.1 Å². The van der Waals surface area contributed by atoms with E-state index in [1.54, 1.807) is 23.1 Å². The summed E-state index contributed by atoms with van der Waals surface area (Å²) in [5.41, 5.74) is 0.419. The average Bonchev–Trinajstić information content (AvgIpc) is 2.98. The van der Waals surface area contributed by atoms with Gasteiger partial charge in [-0.1, -0.05) is 29.3 Å². The Bertz CT molecular complexity index is 745. The second-order valence-electron chi connectivity index (χ2n) is 4.87. The van der Waals surface area contributed by atoms with Crippen molar-refractivity contribution in [3.63, 3.8) is 0 Å². The van der Waals surface area contributed by atoms with Crippen LogP contribution in [0.15, 0.2) is 36.9 Å². The van der Waals surface area contributed by atoms with Gasteiger partial charge >= 0.3 is 0 Å². The zero-order valence-corrected chi connectivity index (χ0v) is 15.7. The van der Waals surface area contributed by atoms with Crippen LogP contribution in [-0.4, -0.2) is 31.6 Å². The van der Waals surface area contributed by atoms with E-state index in [1.165, 1.54) is 25.6 Å². The van der Waals surface area contributed by atoms with Crippen LogP contribution in [0.25, 0.3) is 0 Å². The zero-order chi connectivity index (χ0) is 17.7. The summed E-state index contributed by atoms with van der Waals surface area (Å²) in [7, 11) is 2.99. The molecule has 0 saturated heterocycles. The number of halogens is 2. The monoisotopic (exact) mass is 385 g/mol. The van der Waals surface area contributed by atoms with Gasteiger partial charge in [-0.3, -0.25) is 4.79 Å². The maximum Gasteiger partial charge on any atom is 0.254 e. The van der Waals surface area contributed by atoms with E-state index in [9.17, 15) is 4.79 Å². The highest BCUT2D eigenvalue weighted by Gasteiger charge is 2.20. The van der Waals surface area contributed by atoms with Gasteiger partial charge in [0.05, 0.1) is 30.1 Å². The average molecular weight is 386 g/mol. The number of hydrogen-bond acceptors (Lipinski definition) is 4. The Hall–Kier alpha value is -1.69. The van der Waals surface area contributed by atoms with E-state index in [4.69, 9.17) is 32.7 Å². The predicted molar refractivity (Wildman–Crippen MR) is 98.8 cm³/mol. The Labute approximate surface area is 155 Å². The molecule has 0 N–H and O–H groups in total. The van der Waals surface area contributed by atoms with Crippen molar-refractivity contribution in [2.45, 2.75) is 6.54 Å². The molecule has 24 heavy (non-hydrogen) atoms. The third kappa shape index (κ3) is 4.23. The highest BCUT2D eigenvalue weighted by Crippen LogP contribution is 2.36. The molecular weight excluding hydrogens is 369 g/mol. The van der Waals surface area contributed by atoms with Crippen molar-refractivity contribution >= 4 is 40.4 Å². The summed E-state index contributed by atoms with van der Waals surface area (Å²) in [6, 6.07) is 6.90. The molecule has 7 heteroatoms. The maximum atomic E-state index is 12.9. The minimum atomic E-state index is -0.178.